The summed E-state index contributed by atoms with van der Waals surface area (Å²) in [7, 11) is 0. The molecule has 1 aliphatic carbocycles. The molecule has 0 unspecified atom stereocenters. The van der Waals surface area contributed by atoms with E-state index in [9.17, 15) is 15.0 Å². The largest absolute Gasteiger partial charge is 0.393 e. The molecule has 0 bridgehead atoms. The van der Waals surface area contributed by atoms with Gasteiger partial charge in [0.05, 0.1) is 6.10 Å². The van der Waals surface area contributed by atoms with Crippen LogP contribution in [0.4, 0.5) is 0 Å². The van der Waals surface area contributed by atoms with Gasteiger partial charge in [-0.2, -0.15) is 0 Å². The zero-order valence-electron chi connectivity index (χ0n) is 13.6. The first-order valence-corrected chi connectivity index (χ1v) is 8.42. The lowest BCUT2D eigenvalue weighted by molar-refractivity contribution is -0.137. The Morgan fingerprint density at radius 1 is 1.00 bits per heavy atom. The Bertz CT molecular complexity index is 632. The summed E-state index contributed by atoms with van der Waals surface area (Å²) in [5.41, 5.74) is -0.687. The highest BCUT2D eigenvalue weighted by atomic mass is 16.3. The van der Waals surface area contributed by atoms with Gasteiger partial charge in [0.15, 0.2) is 5.60 Å². The standard InChI is InChI=1S/C20H23NO3/c22-18-13-7-8-15(18)14-21-19(23)20(24,16-9-3-1-4-10-16)17-11-5-2-6-12-17/h1-6,9-12,15,18,22,24H,7-8,13-14H2,(H,21,23)/t15-,18+/m0/s1. The molecule has 1 aliphatic rings. The van der Waals surface area contributed by atoms with Crippen LogP contribution in [0.2, 0.25) is 0 Å². The maximum atomic E-state index is 12.9. The van der Waals surface area contributed by atoms with Gasteiger partial charge in [-0.05, 0) is 24.0 Å². The van der Waals surface area contributed by atoms with E-state index < -0.39 is 11.5 Å². The van der Waals surface area contributed by atoms with Crippen LogP contribution in [0, 0.1) is 5.92 Å². The van der Waals surface area contributed by atoms with Crippen LogP contribution in [0.3, 0.4) is 0 Å². The normalized spacial score (nSPS) is 20.8. The summed E-state index contributed by atoms with van der Waals surface area (Å²) in [6.45, 7) is 0.377. The first-order valence-electron chi connectivity index (χ1n) is 8.42. The molecule has 0 aromatic heterocycles. The number of benzene rings is 2. The molecule has 126 valence electrons. The van der Waals surface area contributed by atoms with Gasteiger partial charge in [0, 0.05) is 12.5 Å². The van der Waals surface area contributed by atoms with Gasteiger partial charge in [0.2, 0.25) is 0 Å². The minimum atomic E-state index is -1.74. The smallest absolute Gasteiger partial charge is 0.261 e. The van der Waals surface area contributed by atoms with Crippen molar-refractivity contribution in [2.75, 3.05) is 6.54 Å². The number of carbonyl (C=O) groups excluding carboxylic acids is 1. The molecular weight excluding hydrogens is 302 g/mol. The number of hydrogen-bond acceptors (Lipinski definition) is 3. The third kappa shape index (κ3) is 3.21. The van der Waals surface area contributed by atoms with E-state index in [0.717, 1.165) is 19.3 Å². The molecule has 2 aromatic rings. The van der Waals surface area contributed by atoms with Crippen molar-refractivity contribution in [1.82, 2.24) is 5.32 Å². The molecule has 0 radical (unpaired) electrons. The quantitative estimate of drug-likeness (QED) is 0.789. The molecule has 0 saturated heterocycles. The third-order valence-corrected chi connectivity index (χ3v) is 4.86. The van der Waals surface area contributed by atoms with Crippen molar-refractivity contribution in [1.29, 1.82) is 0 Å². The molecule has 3 rings (SSSR count). The minimum absolute atomic E-state index is 0.0600. The van der Waals surface area contributed by atoms with Gasteiger partial charge in [0.25, 0.3) is 5.91 Å². The van der Waals surface area contributed by atoms with Crippen molar-refractivity contribution in [3.63, 3.8) is 0 Å². The van der Waals surface area contributed by atoms with E-state index in [0.29, 0.717) is 17.7 Å². The molecular formula is C20H23NO3. The van der Waals surface area contributed by atoms with Crippen molar-refractivity contribution in [2.45, 2.75) is 31.0 Å². The Hall–Kier alpha value is -2.17. The number of nitrogens with one attached hydrogen (secondary N) is 1. The molecule has 1 fully saturated rings. The van der Waals surface area contributed by atoms with Gasteiger partial charge in [-0.3, -0.25) is 4.79 Å². The van der Waals surface area contributed by atoms with E-state index >= 15 is 0 Å². The second-order valence-corrected chi connectivity index (χ2v) is 6.41. The molecule has 3 N–H and O–H groups in total. The molecule has 2 atom stereocenters. The Labute approximate surface area is 142 Å². The number of rotatable bonds is 5. The van der Waals surface area contributed by atoms with Crippen LogP contribution in [0.25, 0.3) is 0 Å². The highest BCUT2D eigenvalue weighted by Crippen LogP contribution is 2.30. The highest BCUT2D eigenvalue weighted by molar-refractivity contribution is 5.90. The Morgan fingerprint density at radius 3 is 2.00 bits per heavy atom. The van der Waals surface area contributed by atoms with Crippen molar-refractivity contribution in [3.8, 4) is 0 Å². The lowest BCUT2D eigenvalue weighted by Crippen LogP contribution is -2.47. The third-order valence-electron chi connectivity index (χ3n) is 4.86. The zero-order valence-corrected chi connectivity index (χ0v) is 13.6. The van der Waals surface area contributed by atoms with Crippen molar-refractivity contribution >= 4 is 5.91 Å². The number of hydrogen-bond donors (Lipinski definition) is 3. The van der Waals surface area contributed by atoms with Crippen molar-refractivity contribution in [3.05, 3.63) is 71.8 Å². The Kier molecular flexibility index (Phi) is 4.97. The average molecular weight is 325 g/mol. The van der Waals surface area contributed by atoms with E-state index in [1.165, 1.54) is 0 Å². The van der Waals surface area contributed by atoms with Gasteiger partial charge in [-0.25, -0.2) is 0 Å². The molecule has 4 nitrogen and oxygen atoms in total. The number of aliphatic hydroxyl groups is 2. The van der Waals surface area contributed by atoms with Gasteiger partial charge in [-0.15, -0.1) is 0 Å². The summed E-state index contributed by atoms with van der Waals surface area (Å²) >= 11 is 0. The van der Waals surface area contributed by atoms with E-state index in [1.54, 1.807) is 48.5 Å². The summed E-state index contributed by atoms with van der Waals surface area (Å²) in [4.78, 5) is 12.9. The topological polar surface area (TPSA) is 69.6 Å². The van der Waals surface area contributed by atoms with E-state index in [-0.39, 0.29) is 12.0 Å². The Morgan fingerprint density at radius 2 is 1.54 bits per heavy atom. The summed E-state index contributed by atoms with van der Waals surface area (Å²) in [5.74, 6) is -0.399. The van der Waals surface area contributed by atoms with Crippen LogP contribution < -0.4 is 5.32 Å². The average Bonchev–Trinajstić information content (AvgIpc) is 3.05. The van der Waals surface area contributed by atoms with Crippen LogP contribution >= 0.6 is 0 Å². The van der Waals surface area contributed by atoms with Gasteiger partial charge >= 0.3 is 0 Å². The monoisotopic (exact) mass is 325 g/mol. The molecule has 0 heterocycles. The van der Waals surface area contributed by atoms with Crippen LogP contribution in [-0.2, 0) is 10.4 Å². The van der Waals surface area contributed by atoms with Crippen molar-refractivity contribution < 1.29 is 15.0 Å². The van der Waals surface area contributed by atoms with Gasteiger partial charge in [0.1, 0.15) is 0 Å². The maximum Gasteiger partial charge on any atom is 0.261 e. The fraction of sp³-hybridized carbons (Fsp3) is 0.350. The fourth-order valence-corrected chi connectivity index (χ4v) is 3.39. The van der Waals surface area contributed by atoms with Crippen LogP contribution in [-0.4, -0.2) is 28.8 Å². The molecule has 0 spiro atoms. The second kappa shape index (κ2) is 7.16. The summed E-state index contributed by atoms with van der Waals surface area (Å²) in [6.07, 6.45) is 2.29. The first kappa shape index (κ1) is 16.7. The Balaban J connectivity index is 1.86. The number of aliphatic hydroxyl groups excluding tert-OH is 1. The van der Waals surface area contributed by atoms with E-state index in [4.69, 9.17) is 0 Å². The van der Waals surface area contributed by atoms with Crippen LogP contribution in [0.1, 0.15) is 30.4 Å². The first-order chi connectivity index (χ1) is 11.6. The molecule has 1 amide bonds. The van der Waals surface area contributed by atoms with Gasteiger partial charge in [-0.1, -0.05) is 67.1 Å². The second-order valence-electron chi connectivity index (χ2n) is 6.41. The van der Waals surface area contributed by atoms with E-state index in [2.05, 4.69) is 5.32 Å². The van der Waals surface area contributed by atoms with Crippen molar-refractivity contribution in [2.24, 2.45) is 5.92 Å². The van der Waals surface area contributed by atoms with Crippen LogP contribution in [0.5, 0.6) is 0 Å². The summed E-state index contributed by atoms with van der Waals surface area (Å²) < 4.78 is 0. The van der Waals surface area contributed by atoms with Crippen LogP contribution in [0.15, 0.2) is 60.7 Å². The predicted octanol–water partition coefficient (Wildman–Crippen LogP) is 2.20. The number of amides is 1. The fourth-order valence-electron chi connectivity index (χ4n) is 3.39. The SMILES string of the molecule is O=C(NC[C@@H]1CCC[C@H]1O)C(O)(c1ccccc1)c1ccccc1. The number of carbonyl (C=O) groups is 1. The lowest BCUT2D eigenvalue weighted by atomic mass is 9.85. The lowest BCUT2D eigenvalue weighted by Gasteiger charge is -2.29. The van der Waals surface area contributed by atoms with E-state index in [1.807, 2.05) is 12.1 Å². The molecule has 24 heavy (non-hydrogen) atoms. The summed E-state index contributed by atoms with van der Waals surface area (Å²) in [6, 6.07) is 17.9. The predicted molar refractivity (Wildman–Crippen MR) is 92.2 cm³/mol. The molecule has 4 heteroatoms. The maximum absolute atomic E-state index is 12.9. The minimum Gasteiger partial charge on any atom is -0.393 e. The van der Waals surface area contributed by atoms with Gasteiger partial charge < -0.3 is 15.5 Å². The zero-order chi connectivity index (χ0) is 17.0. The summed E-state index contributed by atoms with van der Waals surface area (Å²) in [5, 5.41) is 24.1. The highest BCUT2D eigenvalue weighted by Gasteiger charge is 2.40. The molecule has 2 aromatic carbocycles. The molecule has 1 saturated carbocycles. The molecule has 0 aliphatic heterocycles.